The second-order valence-corrected chi connectivity index (χ2v) is 9.06. The normalized spacial score (nSPS) is 45.8. The van der Waals surface area contributed by atoms with Crippen molar-refractivity contribution in [3.8, 4) is 0 Å². The van der Waals surface area contributed by atoms with Crippen molar-refractivity contribution < 1.29 is 9.59 Å². The van der Waals surface area contributed by atoms with Gasteiger partial charge in [-0.2, -0.15) is 0 Å². The molecule has 0 aromatic carbocycles. The molecule has 4 aliphatic carbocycles. The second-order valence-electron chi connectivity index (χ2n) is 9.06. The number of rotatable bonds is 2. The zero-order valence-corrected chi connectivity index (χ0v) is 14.5. The minimum absolute atomic E-state index is 0.291. The van der Waals surface area contributed by atoms with Crippen molar-refractivity contribution in [2.45, 2.75) is 77.6 Å². The average Bonchev–Trinajstić information content (AvgIpc) is 2.88. The molecule has 0 heterocycles. The zero-order chi connectivity index (χ0) is 16.1. The SMILES string of the molecule is CC(=O)CC12CCCC1C1C=CC3CC(=O)CCC3(CCC2)C1. The molecule has 2 nitrogen and oxygen atoms in total. The molecule has 0 amide bonds. The molecule has 5 unspecified atom stereocenters. The van der Waals surface area contributed by atoms with Gasteiger partial charge in [0.15, 0.2) is 0 Å². The van der Waals surface area contributed by atoms with E-state index in [0.717, 1.165) is 25.7 Å². The Bertz CT molecular complexity index is 548. The molecular weight excluding hydrogens is 284 g/mol. The maximum absolute atomic E-state index is 11.9. The lowest BCUT2D eigenvalue weighted by atomic mass is 9.52. The van der Waals surface area contributed by atoms with Crippen LogP contribution in [0.5, 0.6) is 0 Å². The van der Waals surface area contributed by atoms with E-state index in [1.165, 1.54) is 44.9 Å². The van der Waals surface area contributed by atoms with Crippen LogP contribution in [0.25, 0.3) is 0 Å². The standard InChI is InChI=1S/C21H30O2/c1-15(22)13-21-8-2-4-19(21)16-5-6-17-12-18(23)7-11-20(17,14-16)9-3-10-21/h5-6,16-17,19H,2-4,7-14H2,1H3. The summed E-state index contributed by atoms with van der Waals surface area (Å²) in [4.78, 5) is 23.8. The summed E-state index contributed by atoms with van der Waals surface area (Å²) in [6, 6.07) is 0. The minimum atomic E-state index is 0.291. The number of hydrogen-bond acceptors (Lipinski definition) is 2. The van der Waals surface area contributed by atoms with Crippen LogP contribution in [0.2, 0.25) is 0 Å². The third kappa shape index (κ3) is 2.53. The van der Waals surface area contributed by atoms with E-state index < -0.39 is 0 Å². The highest BCUT2D eigenvalue weighted by Crippen LogP contribution is 2.61. The number of hydrogen-bond donors (Lipinski definition) is 0. The molecule has 3 fully saturated rings. The summed E-state index contributed by atoms with van der Waals surface area (Å²) in [6.45, 7) is 1.78. The topological polar surface area (TPSA) is 34.1 Å². The van der Waals surface area contributed by atoms with Crippen LogP contribution in [0.4, 0.5) is 0 Å². The maximum Gasteiger partial charge on any atom is 0.133 e. The largest absolute Gasteiger partial charge is 0.300 e. The van der Waals surface area contributed by atoms with E-state index in [4.69, 9.17) is 0 Å². The first-order chi connectivity index (χ1) is 11.0. The van der Waals surface area contributed by atoms with Gasteiger partial charge in [0.05, 0.1) is 0 Å². The second kappa shape index (κ2) is 5.57. The summed E-state index contributed by atoms with van der Waals surface area (Å²) in [5.41, 5.74) is 0.693. The summed E-state index contributed by atoms with van der Waals surface area (Å²) in [5.74, 6) is 2.72. The quantitative estimate of drug-likeness (QED) is 0.682. The van der Waals surface area contributed by atoms with Gasteiger partial charge >= 0.3 is 0 Å². The lowest BCUT2D eigenvalue weighted by molar-refractivity contribution is -0.127. The molecule has 23 heavy (non-hydrogen) atoms. The number of carbonyl (C=O) groups is 2. The van der Waals surface area contributed by atoms with Crippen molar-refractivity contribution in [2.24, 2.45) is 28.6 Å². The van der Waals surface area contributed by atoms with Crippen molar-refractivity contribution in [2.75, 3.05) is 0 Å². The predicted octanol–water partition coefficient (Wildman–Crippen LogP) is 4.87. The monoisotopic (exact) mass is 314 g/mol. The molecule has 0 N–H and O–H groups in total. The van der Waals surface area contributed by atoms with Crippen LogP contribution in [0, 0.1) is 28.6 Å². The predicted molar refractivity (Wildman–Crippen MR) is 91.0 cm³/mol. The van der Waals surface area contributed by atoms with Gasteiger partial charge in [0.25, 0.3) is 0 Å². The Hall–Kier alpha value is -0.920. The number of fused-ring (bicyclic) bond motifs is 3. The Morgan fingerprint density at radius 1 is 1.17 bits per heavy atom. The van der Waals surface area contributed by atoms with Crippen molar-refractivity contribution in [3.63, 3.8) is 0 Å². The fraction of sp³-hybridized carbons (Fsp3) is 0.810. The van der Waals surface area contributed by atoms with Crippen molar-refractivity contribution in [1.82, 2.24) is 0 Å². The average molecular weight is 314 g/mol. The van der Waals surface area contributed by atoms with E-state index in [0.29, 0.717) is 40.2 Å². The Kier molecular flexibility index (Phi) is 3.77. The van der Waals surface area contributed by atoms with Crippen LogP contribution in [0.1, 0.15) is 77.6 Å². The van der Waals surface area contributed by atoms with E-state index in [1.54, 1.807) is 6.92 Å². The smallest absolute Gasteiger partial charge is 0.133 e. The Balaban J connectivity index is 1.66. The lowest BCUT2D eigenvalue weighted by Gasteiger charge is -2.52. The van der Waals surface area contributed by atoms with Crippen LogP contribution in [-0.4, -0.2) is 11.6 Å². The van der Waals surface area contributed by atoms with Crippen molar-refractivity contribution >= 4 is 11.6 Å². The van der Waals surface area contributed by atoms with Crippen LogP contribution in [-0.2, 0) is 9.59 Å². The van der Waals surface area contributed by atoms with Crippen molar-refractivity contribution in [1.29, 1.82) is 0 Å². The number of carbonyl (C=O) groups excluding carboxylic acids is 2. The molecule has 2 bridgehead atoms. The van der Waals surface area contributed by atoms with Gasteiger partial charge in [0, 0.05) is 19.3 Å². The summed E-state index contributed by atoms with van der Waals surface area (Å²) in [7, 11) is 0. The first kappa shape index (κ1) is 15.6. The first-order valence-electron chi connectivity index (χ1n) is 9.73. The van der Waals surface area contributed by atoms with Gasteiger partial charge in [-0.3, -0.25) is 4.79 Å². The van der Waals surface area contributed by atoms with Gasteiger partial charge in [-0.1, -0.05) is 25.0 Å². The minimum Gasteiger partial charge on any atom is -0.300 e. The van der Waals surface area contributed by atoms with E-state index in [-0.39, 0.29) is 0 Å². The Morgan fingerprint density at radius 2 is 2.00 bits per heavy atom. The fourth-order valence-corrected chi connectivity index (χ4v) is 6.91. The van der Waals surface area contributed by atoms with Crippen LogP contribution < -0.4 is 0 Å². The van der Waals surface area contributed by atoms with Crippen LogP contribution >= 0.6 is 0 Å². The molecule has 4 rings (SSSR count). The van der Waals surface area contributed by atoms with E-state index in [9.17, 15) is 9.59 Å². The molecule has 0 aromatic heterocycles. The first-order valence-corrected chi connectivity index (χ1v) is 9.73. The molecule has 2 heteroatoms. The maximum atomic E-state index is 11.9. The van der Waals surface area contributed by atoms with Gasteiger partial charge in [-0.05, 0) is 74.0 Å². The summed E-state index contributed by atoms with van der Waals surface area (Å²) >= 11 is 0. The molecule has 0 aromatic rings. The third-order valence-corrected chi connectivity index (χ3v) is 7.81. The molecule has 0 radical (unpaired) electrons. The molecular formula is C21H30O2. The molecule has 0 aliphatic heterocycles. The highest BCUT2D eigenvalue weighted by Gasteiger charge is 2.53. The van der Waals surface area contributed by atoms with Crippen LogP contribution in [0.15, 0.2) is 12.2 Å². The highest BCUT2D eigenvalue weighted by atomic mass is 16.1. The Labute approximate surface area is 140 Å². The van der Waals surface area contributed by atoms with E-state index in [2.05, 4.69) is 12.2 Å². The molecule has 4 aliphatic rings. The zero-order valence-electron chi connectivity index (χ0n) is 14.5. The van der Waals surface area contributed by atoms with Crippen molar-refractivity contribution in [3.05, 3.63) is 12.2 Å². The van der Waals surface area contributed by atoms with Crippen LogP contribution in [0.3, 0.4) is 0 Å². The van der Waals surface area contributed by atoms with Gasteiger partial charge in [-0.15, -0.1) is 0 Å². The number of ketones is 2. The third-order valence-electron chi connectivity index (χ3n) is 7.81. The molecule has 126 valence electrons. The Morgan fingerprint density at radius 3 is 2.83 bits per heavy atom. The molecule has 5 atom stereocenters. The van der Waals surface area contributed by atoms with Gasteiger partial charge < -0.3 is 4.79 Å². The molecule has 1 spiro atoms. The highest BCUT2D eigenvalue weighted by molar-refractivity contribution is 5.80. The number of Topliss-reactive ketones (excluding diaryl/α,β-unsaturated/α-hetero) is 2. The summed E-state index contributed by atoms with van der Waals surface area (Å²) in [6.07, 6.45) is 17.3. The molecule has 3 saturated carbocycles. The number of allylic oxidation sites excluding steroid dienone is 2. The molecule has 0 saturated heterocycles. The van der Waals surface area contributed by atoms with E-state index >= 15 is 0 Å². The van der Waals surface area contributed by atoms with E-state index in [1.807, 2.05) is 0 Å². The van der Waals surface area contributed by atoms with Gasteiger partial charge in [-0.25, -0.2) is 0 Å². The lowest BCUT2D eigenvalue weighted by Crippen LogP contribution is -2.45. The summed E-state index contributed by atoms with van der Waals surface area (Å²) in [5, 5.41) is 0. The fourth-order valence-electron chi connectivity index (χ4n) is 6.91. The van der Waals surface area contributed by atoms with Gasteiger partial charge in [0.2, 0.25) is 0 Å². The van der Waals surface area contributed by atoms with Gasteiger partial charge in [0.1, 0.15) is 11.6 Å². The summed E-state index contributed by atoms with van der Waals surface area (Å²) < 4.78 is 0.